The summed E-state index contributed by atoms with van der Waals surface area (Å²) in [4.78, 5) is 11.1. The van der Waals surface area contributed by atoms with Gasteiger partial charge in [-0.15, -0.1) is 0 Å². The highest BCUT2D eigenvalue weighted by molar-refractivity contribution is 7.92. The van der Waals surface area contributed by atoms with Gasteiger partial charge in [-0.25, -0.2) is 12.8 Å². The van der Waals surface area contributed by atoms with Crippen molar-refractivity contribution in [3.8, 4) is 0 Å². The van der Waals surface area contributed by atoms with Gasteiger partial charge in [-0.1, -0.05) is 11.6 Å². The van der Waals surface area contributed by atoms with Crippen molar-refractivity contribution in [2.24, 2.45) is 0 Å². The van der Waals surface area contributed by atoms with Crippen LogP contribution in [0.1, 0.15) is 0 Å². The van der Waals surface area contributed by atoms with Crippen LogP contribution in [0.3, 0.4) is 0 Å². The molecule has 116 valence electrons. The number of sulfonamides is 1. The van der Waals surface area contributed by atoms with Crippen LogP contribution in [0.2, 0.25) is 5.02 Å². The largest absolute Gasteiger partial charge is 0.279 e. The molecule has 0 aliphatic rings. The van der Waals surface area contributed by atoms with Crippen LogP contribution in [0.25, 0.3) is 0 Å². The predicted molar refractivity (Wildman–Crippen MR) is 83.2 cm³/mol. The second-order valence-electron chi connectivity index (χ2n) is 4.30. The van der Waals surface area contributed by atoms with E-state index in [1.54, 1.807) is 0 Å². The van der Waals surface area contributed by atoms with Crippen LogP contribution in [0.4, 0.5) is 10.1 Å². The smallest absolute Gasteiger partial charge is 0.264 e. The monoisotopic (exact) mass is 361 g/mol. The molecule has 22 heavy (non-hydrogen) atoms. The van der Waals surface area contributed by atoms with Crippen molar-refractivity contribution in [2.45, 2.75) is 4.90 Å². The standard InChI is InChI=1S/C14H10Cl2FNO3S/c15-10-1-7-13(8-2-10)22(20,21)18(9-14(16)19)12-5-3-11(17)4-6-12/h1-8H,9H2. The number of hydrogen-bond donors (Lipinski definition) is 0. The van der Waals surface area contributed by atoms with Gasteiger partial charge >= 0.3 is 0 Å². The minimum absolute atomic E-state index is 0.0564. The van der Waals surface area contributed by atoms with Crippen molar-refractivity contribution in [2.75, 3.05) is 10.8 Å². The SMILES string of the molecule is O=C(Cl)CN(c1ccc(F)cc1)S(=O)(=O)c1ccc(Cl)cc1. The Morgan fingerprint density at radius 3 is 2.09 bits per heavy atom. The van der Waals surface area contributed by atoms with E-state index in [1.807, 2.05) is 0 Å². The van der Waals surface area contributed by atoms with Crippen LogP contribution in [0.5, 0.6) is 0 Å². The lowest BCUT2D eigenvalue weighted by atomic mass is 10.3. The summed E-state index contributed by atoms with van der Waals surface area (Å²) in [7, 11) is -4.03. The molecule has 0 unspecified atom stereocenters. The molecule has 0 radical (unpaired) electrons. The molecule has 2 aromatic rings. The highest BCUT2D eigenvalue weighted by Gasteiger charge is 2.26. The fraction of sp³-hybridized carbons (Fsp3) is 0.0714. The fourth-order valence-corrected chi connectivity index (χ4v) is 3.51. The molecule has 8 heteroatoms. The Labute approximate surface area is 137 Å². The maximum atomic E-state index is 13.0. The van der Waals surface area contributed by atoms with Crippen molar-refractivity contribution in [3.05, 3.63) is 59.4 Å². The number of rotatable bonds is 5. The van der Waals surface area contributed by atoms with E-state index in [2.05, 4.69) is 0 Å². The number of anilines is 1. The number of benzene rings is 2. The maximum absolute atomic E-state index is 13.0. The Bertz CT molecular complexity index is 777. The molecule has 0 fully saturated rings. The van der Waals surface area contributed by atoms with Gasteiger partial charge in [0.15, 0.2) is 0 Å². The zero-order valence-corrected chi connectivity index (χ0v) is 13.4. The lowest BCUT2D eigenvalue weighted by molar-refractivity contribution is -0.110. The van der Waals surface area contributed by atoms with Crippen LogP contribution in [0, 0.1) is 5.82 Å². The Morgan fingerprint density at radius 1 is 1.05 bits per heavy atom. The minimum atomic E-state index is -4.03. The third-order valence-corrected chi connectivity index (χ3v) is 4.94. The first-order valence-electron chi connectivity index (χ1n) is 6.03. The summed E-state index contributed by atoms with van der Waals surface area (Å²) in [6.07, 6.45) is 0. The number of carbonyl (C=O) groups excluding carboxylic acids is 1. The molecule has 0 N–H and O–H groups in total. The molecule has 0 amide bonds. The average Bonchev–Trinajstić information content (AvgIpc) is 2.46. The van der Waals surface area contributed by atoms with E-state index in [9.17, 15) is 17.6 Å². The Hall–Kier alpha value is -1.63. The second-order valence-corrected chi connectivity index (χ2v) is 7.02. The number of carbonyl (C=O) groups is 1. The molecule has 2 rings (SSSR count). The van der Waals surface area contributed by atoms with E-state index in [4.69, 9.17) is 23.2 Å². The van der Waals surface area contributed by atoms with Crippen LogP contribution < -0.4 is 4.31 Å². The third kappa shape index (κ3) is 3.76. The Morgan fingerprint density at radius 2 is 1.59 bits per heavy atom. The van der Waals surface area contributed by atoms with Crippen LogP contribution in [0.15, 0.2) is 53.4 Å². The van der Waals surface area contributed by atoms with Gasteiger partial charge in [-0.05, 0) is 60.1 Å². The first-order chi connectivity index (χ1) is 10.3. The Kier molecular flexibility index (Phi) is 5.05. The fourth-order valence-electron chi connectivity index (χ4n) is 1.77. The summed E-state index contributed by atoms with van der Waals surface area (Å²) in [5, 5.41) is -0.484. The van der Waals surface area contributed by atoms with Gasteiger partial charge in [0.05, 0.1) is 10.6 Å². The van der Waals surface area contributed by atoms with E-state index < -0.39 is 27.6 Å². The maximum Gasteiger partial charge on any atom is 0.264 e. The molecular formula is C14H10Cl2FNO3S. The summed E-state index contributed by atoms with van der Waals surface area (Å²) in [5.74, 6) is -0.523. The van der Waals surface area contributed by atoms with Crippen molar-refractivity contribution in [1.29, 1.82) is 0 Å². The molecule has 0 saturated carbocycles. The molecule has 0 saturated heterocycles. The van der Waals surface area contributed by atoms with E-state index in [1.165, 1.54) is 36.4 Å². The van der Waals surface area contributed by atoms with Gasteiger partial charge in [0.25, 0.3) is 10.0 Å². The zero-order valence-electron chi connectivity index (χ0n) is 11.0. The van der Waals surface area contributed by atoms with Gasteiger partial charge in [0.1, 0.15) is 12.4 Å². The van der Waals surface area contributed by atoms with Crippen molar-refractivity contribution < 1.29 is 17.6 Å². The topological polar surface area (TPSA) is 54.5 Å². The summed E-state index contributed by atoms with van der Waals surface area (Å²) in [6.45, 7) is -0.571. The number of halogens is 3. The normalized spacial score (nSPS) is 11.2. The zero-order chi connectivity index (χ0) is 16.3. The average molecular weight is 362 g/mol. The van der Waals surface area contributed by atoms with E-state index in [0.29, 0.717) is 5.02 Å². The van der Waals surface area contributed by atoms with Gasteiger partial charge < -0.3 is 0 Å². The summed E-state index contributed by atoms with van der Waals surface area (Å²) in [6, 6.07) is 10.2. The molecule has 0 heterocycles. The molecule has 0 aliphatic carbocycles. The summed E-state index contributed by atoms with van der Waals surface area (Å²) in [5.41, 5.74) is 0.130. The highest BCUT2D eigenvalue weighted by Crippen LogP contribution is 2.25. The van der Waals surface area contributed by atoms with Crippen LogP contribution in [-0.4, -0.2) is 20.2 Å². The second kappa shape index (κ2) is 6.64. The van der Waals surface area contributed by atoms with Gasteiger partial charge in [0, 0.05) is 5.02 Å². The lowest BCUT2D eigenvalue weighted by Crippen LogP contribution is -2.34. The quantitative estimate of drug-likeness (QED) is 0.766. The van der Waals surface area contributed by atoms with E-state index in [0.717, 1.165) is 16.4 Å². The lowest BCUT2D eigenvalue weighted by Gasteiger charge is -2.23. The molecule has 0 aliphatic heterocycles. The molecule has 0 spiro atoms. The third-order valence-electron chi connectivity index (χ3n) is 2.78. The highest BCUT2D eigenvalue weighted by atomic mass is 35.5. The first kappa shape index (κ1) is 16.7. The van der Waals surface area contributed by atoms with Crippen LogP contribution in [-0.2, 0) is 14.8 Å². The van der Waals surface area contributed by atoms with Crippen molar-refractivity contribution in [1.82, 2.24) is 0 Å². The molecule has 4 nitrogen and oxygen atoms in total. The predicted octanol–water partition coefficient (Wildman–Crippen LogP) is 3.44. The van der Waals surface area contributed by atoms with Crippen molar-refractivity contribution >= 4 is 44.2 Å². The van der Waals surface area contributed by atoms with Gasteiger partial charge in [0.2, 0.25) is 5.24 Å². The van der Waals surface area contributed by atoms with Gasteiger partial charge in [-0.3, -0.25) is 9.10 Å². The van der Waals surface area contributed by atoms with Crippen molar-refractivity contribution in [3.63, 3.8) is 0 Å². The summed E-state index contributed by atoms with van der Waals surface area (Å²) >= 11 is 11.1. The van der Waals surface area contributed by atoms with E-state index >= 15 is 0 Å². The van der Waals surface area contributed by atoms with Gasteiger partial charge in [-0.2, -0.15) is 0 Å². The van der Waals surface area contributed by atoms with Crippen LogP contribution >= 0.6 is 23.2 Å². The first-order valence-corrected chi connectivity index (χ1v) is 8.22. The molecule has 0 aromatic heterocycles. The molecule has 2 aromatic carbocycles. The molecule has 0 atom stereocenters. The van der Waals surface area contributed by atoms with E-state index in [-0.39, 0.29) is 10.6 Å². The minimum Gasteiger partial charge on any atom is -0.279 e. The molecular weight excluding hydrogens is 352 g/mol. The number of nitrogens with zero attached hydrogens (tertiary/aromatic N) is 1. The number of hydrogen-bond acceptors (Lipinski definition) is 3. The summed E-state index contributed by atoms with van der Waals surface area (Å²) < 4.78 is 39.1. The Balaban J connectivity index is 2.50. The molecule has 0 bridgehead atoms.